The van der Waals surface area contributed by atoms with Gasteiger partial charge in [0.2, 0.25) is 0 Å². The zero-order valence-electron chi connectivity index (χ0n) is 20.5. The number of hydrogen-bond donors (Lipinski definition) is 2. The van der Waals surface area contributed by atoms with Crippen LogP contribution in [-0.2, 0) is 22.4 Å². The van der Waals surface area contributed by atoms with Crippen LogP contribution in [0.3, 0.4) is 0 Å². The highest BCUT2D eigenvalue weighted by Crippen LogP contribution is 2.35. The number of fused-ring (bicyclic) bond motifs is 1. The normalized spacial score (nSPS) is 15.1. The summed E-state index contributed by atoms with van der Waals surface area (Å²) in [5.41, 5.74) is 7.60. The van der Waals surface area contributed by atoms with Gasteiger partial charge in [-0.2, -0.15) is 5.10 Å². The molecule has 0 radical (unpaired) electrons. The minimum absolute atomic E-state index is 0.158. The van der Waals surface area contributed by atoms with E-state index in [9.17, 15) is 4.79 Å². The van der Waals surface area contributed by atoms with E-state index in [0.29, 0.717) is 29.6 Å². The van der Waals surface area contributed by atoms with Crippen LogP contribution in [0.4, 0.5) is 5.69 Å². The number of ether oxygens (including phenoxy) is 3. The quantitative estimate of drug-likeness (QED) is 0.310. The van der Waals surface area contributed by atoms with E-state index in [1.165, 1.54) is 11.1 Å². The summed E-state index contributed by atoms with van der Waals surface area (Å²) in [6.45, 7) is 10.2. The van der Waals surface area contributed by atoms with E-state index in [2.05, 4.69) is 47.9 Å². The number of esters is 1. The monoisotopic (exact) mass is 483 g/mol. The van der Waals surface area contributed by atoms with Crippen LogP contribution in [0.1, 0.15) is 57.7 Å². The number of aryl methyl sites for hydroxylation is 2. The van der Waals surface area contributed by atoms with E-state index in [4.69, 9.17) is 26.4 Å². The molecule has 1 aliphatic heterocycles. The van der Waals surface area contributed by atoms with E-state index >= 15 is 0 Å². The average Bonchev–Trinajstić information content (AvgIpc) is 2.81. The summed E-state index contributed by atoms with van der Waals surface area (Å²) < 4.78 is 16.7. The van der Waals surface area contributed by atoms with E-state index in [1.54, 1.807) is 13.0 Å². The van der Waals surface area contributed by atoms with E-state index < -0.39 is 11.6 Å². The molecule has 182 valence electrons. The lowest BCUT2D eigenvalue weighted by atomic mass is 9.92. The number of hydrogen-bond acceptors (Lipinski definition) is 6. The Bertz CT molecular complexity index is 1060. The van der Waals surface area contributed by atoms with E-state index in [0.717, 1.165) is 29.8 Å². The molecule has 0 amide bonds. The first-order chi connectivity index (χ1) is 16.3. The summed E-state index contributed by atoms with van der Waals surface area (Å²) in [7, 11) is 0. The number of para-hydroxylation sites is 1. The number of nitrogens with one attached hydrogen (secondary N) is 2. The van der Waals surface area contributed by atoms with Gasteiger partial charge in [0.15, 0.2) is 11.7 Å². The van der Waals surface area contributed by atoms with Crippen LogP contribution in [0.5, 0.6) is 11.5 Å². The molecule has 0 atom stereocenters. The Morgan fingerprint density at radius 2 is 1.85 bits per heavy atom. The number of nitrogens with zero attached hydrogens (tertiary/aromatic N) is 1. The Morgan fingerprint density at radius 1 is 1.15 bits per heavy atom. The third kappa shape index (κ3) is 6.47. The maximum absolute atomic E-state index is 11.6. The molecule has 0 spiro atoms. The zero-order valence-corrected chi connectivity index (χ0v) is 21.3. The second-order valence-corrected chi connectivity index (χ2v) is 8.98. The van der Waals surface area contributed by atoms with Gasteiger partial charge in [0.05, 0.1) is 12.3 Å². The fraction of sp³-hybridized carbons (Fsp3) is 0.423. The summed E-state index contributed by atoms with van der Waals surface area (Å²) in [5.74, 6) is 0.820. The second-order valence-electron chi connectivity index (χ2n) is 8.57. The van der Waals surface area contributed by atoms with Gasteiger partial charge in [-0.3, -0.25) is 5.43 Å². The first-order valence-electron chi connectivity index (χ1n) is 11.6. The van der Waals surface area contributed by atoms with Crippen molar-refractivity contribution in [3.63, 3.8) is 0 Å². The summed E-state index contributed by atoms with van der Waals surface area (Å²) in [6, 6.07) is 11.7. The second kappa shape index (κ2) is 11.3. The zero-order chi connectivity index (χ0) is 24.7. The van der Waals surface area contributed by atoms with Gasteiger partial charge in [-0.05, 0) is 75.2 Å². The molecule has 0 saturated heterocycles. The van der Waals surface area contributed by atoms with Crippen LogP contribution >= 0.6 is 12.2 Å². The van der Waals surface area contributed by atoms with Crippen LogP contribution in [-0.4, -0.2) is 35.6 Å². The van der Waals surface area contributed by atoms with E-state index in [1.807, 2.05) is 26.0 Å². The molecule has 7 nitrogen and oxygen atoms in total. The smallest absolute Gasteiger partial charge is 0.344 e. The van der Waals surface area contributed by atoms with Crippen molar-refractivity contribution in [2.75, 3.05) is 18.5 Å². The SMILES string of the molecule is CCOC(=O)COc1ccc2c(c1)/C(=N/NC(=S)Nc1c(CC)cccc1CC)CC(C)(C)O2. The Labute approximate surface area is 206 Å². The lowest BCUT2D eigenvalue weighted by Crippen LogP contribution is -2.37. The van der Waals surface area contributed by atoms with Crippen molar-refractivity contribution < 1.29 is 19.0 Å². The van der Waals surface area contributed by atoms with Gasteiger partial charge < -0.3 is 19.5 Å². The molecule has 34 heavy (non-hydrogen) atoms. The van der Waals surface area contributed by atoms with Gasteiger partial charge in [0, 0.05) is 17.7 Å². The van der Waals surface area contributed by atoms with Crippen molar-refractivity contribution in [1.29, 1.82) is 0 Å². The number of carbonyl (C=O) groups excluding carboxylic acids is 1. The Hall–Kier alpha value is -3.13. The molecule has 0 unspecified atom stereocenters. The highest BCUT2D eigenvalue weighted by molar-refractivity contribution is 7.80. The minimum Gasteiger partial charge on any atom is -0.487 e. The molecule has 0 aromatic heterocycles. The minimum atomic E-state index is -0.430. The molecule has 1 heterocycles. The molecule has 2 aromatic carbocycles. The molecule has 2 N–H and O–H groups in total. The lowest BCUT2D eigenvalue weighted by Gasteiger charge is -2.33. The molecule has 2 aromatic rings. The third-order valence-electron chi connectivity index (χ3n) is 5.43. The van der Waals surface area contributed by atoms with Crippen LogP contribution in [0, 0.1) is 0 Å². The molecular weight excluding hydrogens is 450 g/mol. The number of benzene rings is 2. The molecule has 0 saturated carbocycles. The van der Waals surface area contributed by atoms with Crippen molar-refractivity contribution in [3.05, 3.63) is 53.1 Å². The van der Waals surface area contributed by atoms with Gasteiger partial charge in [-0.25, -0.2) is 4.79 Å². The number of carbonyl (C=O) groups is 1. The predicted molar refractivity (Wildman–Crippen MR) is 139 cm³/mol. The van der Waals surface area contributed by atoms with Crippen LogP contribution in [0.2, 0.25) is 0 Å². The number of anilines is 1. The van der Waals surface area contributed by atoms with Gasteiger partial charge in [0.1, 0.15) is 17.1 Å². The molecule has 0 fully saturated rings. The van der Waals surface area contributed by atoms with Crippen LogP contribution in [0.25, 0.3) is 0 Å². The largest absolute Gasteiger partial charge is 0.487 e. The van der Waals surface area contributed by atoms with Gasteiger partial charge in [0.25, 0.3) is 0 Å². The fourth-order valence-corrected chi connectivity index (χ4v) is 4.00. The topological polar surface area (TPSA) is 81.2 Å². The van der Waals surface area contributed by atoms with Gasteiger partial charge >= 0.3 is 5.97 Å². The maximum Gasteiger partial charge on any atom is 0.344 e. The standard InChI is InChI=1S/C26H33N3O4S/c1-6-17-10-9-11-18(7-2)24(17)27-25(34)29-28-21-15-26(4,5)33-22-13-12-19(14-20(21)22)32-16-23(30)31-8-3/h9-14H,6-8,15-16H2,1-5H3,(H2,27,29,34)/b28-21+. The maximum atomic E-state index is 11.6. The van der Waals surface area contributed by atoms with Gasteiger partial charge in [-0.15, -0.1) is 0 Å². The highest BCUT2D eigenvalue weighted by Gasteiger charge is 2.31. The molecule has 0 aliphatic carbocycles. The van der Waals surface area contributed by atoms with Crippen molar-refractivity contribution in [1.82, 2.24) is 5.43 Å². The summed E-state index contributed by atoms with van der Waals surface area (Å²) >= 11 is 5.56. The third-order valence-corrected chi connectivity index (χ3v) is 5.63. The number of hydrazone groups is 1. The Balaban J connectivity index is 1.80. The number of rotatable bonds is 8. The van der Waals surface area contributed by atoms with Crippen molar-refractivity contribution >= 4 is 34.7 Å². The van der Waals surface area contributed by atoms with Crippen molar-refractivity contribution in [3.8, 4) is 11.5 Å². The Kier molecular flexibility index (Phi) is 8.50. The number of thiocarbonyl (C=S) groups is 1. The lowest BCUT2D eigenvalue weighted by molar-refractivity contribution is -0.145. The van der Waals surface area contributed by atoms with E-state index in [-0.39, 0.29) is 6.61 Å². The van der Waals surface area contributed by atoms with Crippen LogP contribution < -0.4 is 20.2 Å². The summed E-state index contributed by atoms with van der Waals surface area (Å²) in [4.78, 5) is 11.6. The molecule has 8 heteroatoms. The first kappa shape index (κ1) is 25.5. The van der Waals surface area contributed by atoms with Crippen LogP contribution in [0.15, 0.2) is 41.5 Å². The average molecular weight is 484 g/mol. The molecule has 3 rings (SSSR count). The first-order valence-corrected chi connectivity index (χ1v) is 12.0. The van der Waals surface area contributed by atoms with Crippen molar-refractivity contribution in [2.45, 2.75) is 59.5 Å². The Morgan fingerprint density at radius 3 is 2.50 bits per heavy atom. The summed E-state index contributed by atoms with van der Waals surface area (Å²) in [6.07, 6.45) is 2.38. The fourth-order valence-electron chi connectivity index (χ4n) is 3.85. The molecule has 1 aliphatic rings. The predicted octanol–water partition coefficient (Wildman–Crippen LogP) is 5.01. The molecule has 0 bridgehead atoms. The highest BCUT2D eigenvalue weighted by atomic mass is 32.1. The summed E-state index contributed by atoms with van der Waals surface area (Å²) in [5, 5.41) is 8.38. The van der Waals surface area contributed by atoms with Crippen molar-refractivity contribution in [2.24, 2.45) is 5.10 Å². The van der Waals surface area contributed by atoms with Gasteiger partial charge in [-0.1, -0.05) is 32.0 Å². The molecular formula is C26H33N3O4S.